The van der Waals surface area contributed by atoms with E-state index in [0.717, 1.165) is 4.90 Å². The zero-order chi connectivity index (χ0) is 19.4. The quantitative estimate of drug-likeness (QED) is 0.678. The summed E-state index contributed by atoms with van der Waals surface area (Å²) in [7, 11) is 2.83. The number of nitrogens with one attached hydrogen (secondary N) is 1. The van der Waals surface area contributed by atoms with Crippen molar-refractivity contribution in [1.29, 1.82) is 0 Å². The van der Waals surface area contributed by atoms with Crippen LogP contribution in [0.5, 0.6) is 0 Å². The van der Waals surface area contributed by atoms with Crippen LogP contribution in [0.3, 0.4) is 0 Å². The second kappa shape index (κ2) is 7.57. The second-order valence-electron chi connectivity index (χ2n) is 5.42. The molecule has 2 rings (SSSR count). The molecule has 0 saturated heterocycles. The zero-order valence-electron chi connectivity index (χ0n) is 14.7. The van der Waals surface area contributed by atoms with E-state index in [1.165, 1.54) is 20.2 Å². The van der Waals surface area contributed by atoms with Crippen molar-refractivity contribution in [2.24, 2.45) is 0 Å². The van der Waals surface area contributed by atoms with E-state index in [9.17, 15) is 14.4 Å². The number of carboxylic acid groups (broad SMARTS) is 1. The standard InChI is InChI=1S/C17H19N5O4/c1-4-22-14(18)12(16(24)19-2)13(23)11-8-7-10(20-15(11)22)6-5-9-21(3)17(25)26/h7-8H,4,9,18H2,1-3H3,(H,19,24)(H,25,26). The summed E-state index contributed by atoms with van der Waals surface area (Å²) < 4.78 is 1.57. The van der Waals surface area contributed by atoms with Gasteiger partial charge in [0.05, 0.1) is 11.9 Å². The summed E-state index contributed by atoms with van der Waals surface area (Å²) in [5.74, 6) is 4.94. The maximum Gasteiger partial charge on any atom is 0.407 e. The molecule has 0 aliphatic rings. The number of fused-ring (bicyclic) bond motifs is 1. The van der Waals surface area contributed by atoms with Gasteiger partial charge >= 0.3 is 6.09 Å². The number of rotatable bonds is 3. The first-order chi connectivity index (χ1) is 12.3. The summed E-state index contributed by atoms with van der Waals surface area (Å²) in [5.41, 5.74) is 6.08. The SMILES string of the molecule is CCn1c(N)c(C(=O)NC)c(=O)c2ccc(C#CCN(C)C(=O)O)nc21. The van der Waals surface area contributed by atoms with Crippen molar-refractivity contribution in [1.82, 2.24) is 19.8 Å². The minimum atomic E-state index is -1.08. The molecule has 2 aromatic rings. The molecule has 0 fully saturated rings. The summed E-state index contributed by atoms with van der Waals surface area (Å²) in [6.07, 6.45) is -1.08. The van der Waals surface area contributed by atoms with E-state index in [1.54, 1.807) is 10.6 Å². The molecule has 136 valence electrons. The Bertz CT molecular complexity index is 1000. The number of carbonyl (C=O) groups is 2. The normalized spacial score (nSPS) is 10.1. The Kier molecular flexibility index (Phi) is 5.47. The number of carbonyl (C=O) groups excluding carboxylic acids is 1. The van der Waals surface area contributed by atoms with E-state index in [4.69, 9.17) is 10.8 Å². The van der Waals surface area contributed by atoms with Crippen LogP contribution in [-0.4, -0.2) is 52.2 Å². The average Bonchev–Trinajstić information content (AvgIpc) is 2.61. The van der Waals surface area contributed by atoms with Crippen LogP contribution in [-0.2, 0) is 6.54 Å². The number of amides is 2. The van der Waals surface area contributed by atoms with Crippen molar-refractivity contribution < 1.29 is 14.7 Å². The van der Waals surface area contributed by atoms with Gasteiger partial charge in [-0.3, -0.25) is 9.59 Å². The van der Waals surface area contributed by atoms with E-state index >= 15 is 0 Å². The lowest BCUT2D eigenvalue weighted by atomic mass is 10.1. The third kappa shape index (κ3) is 3.44. The predicted octanol–water partition coefficient (Wildman–Crippen LogP) is 0.320. The minimum Gasteiger partial charge on any atom is -0.465 e. The van der Waals surface area contributed by atoms with Crippen molar-refractivity contribution in [3.05, 3.63) is 33.6 Å². The fourth-order valence-electron chi connectivity index (χ4n) is 2.38. The number of aromatic nitrogens is 2. The Labute approximate surface area is 149 Å². The number of nitrogen functional groups attached to an aromatic ring is 1. The zero-order valence-corrected chi connectivity index (χ0v) is 14.7. The first-order valence-electron chi connectivity index (χ1n) is 7.79. The molecule has 0 atom stereocenters. The first kappa shape index (κ1) is 18.8. The number of hydrogen-bond donors (Lipinski definition) is 3. The molecule has 0 spiro atoms. The van der Waals surface area contributed by atoms with Gasteiger partial charge in [-0.2, -0.15) is 0 Å². The molecule has 0 bridgehead atoms. The number of aryl methyl sites for hydroxylation is 1. The van der Waals surface area contributed by atoms with Crippen LogP contribution in [0.15, 0.2) is 16.9 Å². The average molecular weight is 357 g/mol. The molecule has 0 unspecified atom stereocenters. The molecule has 4 N–H and O–H groups in total. The highest BCUT2D eigenvalue weighted by Crippen LogP contribution is 2.17. The number of hydrogen-bond acceptors (Lipinski definition) is 5. The summed E-state index contributed by atoms with van der Waals surface area (Å²) in [4.78, 5) is 40.7. The van der Waals surface area contributed by atoms with Gasteiger partial charge in [-0.05, 0) is 25.0 Å². The fraction of sp³-hybridized carbons (Fsp3) is 0.294. The summed E-state index contributed by atoms with van der Waals surface area (Å²) >= 11 is 0. The molecular weight excluding hydrogens is 338 g/mol. The topological polar surface area (TPSA) is 131 Å². The van der Waals surface area contributed by atoms with Crippen molar-refractivity contribution >= 4 is 28.9 Å². The highest BCUT2D eigenvalue weighted by molar-refractivity contribution is 6.01. The third-order valence-corrected chi connectivity index (χ3v) is 3.78. The van der Waals surface area contributed by atoms with Gasteiger partial charge in [0.2, 0.25) is 5.43 Å². The lowest BCUT2D eigenvalue weighted by molar-refractivity contribution is 0.0962. The first-order valence-corrected chi connectivity index (χ1v) is 7.79. The van der Waals surface area contributed by atoms with E-state index in [2.05, 4.69) is 22.1 Å². The Morgan fingerprint density at radius 2 is 2.12 bits per heavy atom. The van der Waals surface area contributed by atoms with Gasteiger partial charge in [-0.25, -0.2) is 9.78 Å². The highest BCUT2D eigenvalue weighted by atomic mass is 16.4. The van der Waals surface area contributed by atoms with Crippen molar-refractivity contribution in [2.75, 3.05) is 26.4 Å². The summed E-state index contributed by atoms with van der Waals surface area (Å²) in [5, 5.41) is 11.5. The monoisotopic (exact) mass is 357 g/mol. The molecule has 0 aliphatic heterocycles. The van der Waals surface area contributed by atoms with Crippen LogP contribution in [0.25, 0.3) is 11.0 Å². The van der Waals surface area contributed by atoms with E-state index in [-0.39, 0.29) is 23.3 Å². The minimum absolute atomic E-state index is 0.0212. The maximum absolute atomic E-state index is 12.6. The van der Waals surface area contributed by atoms with E-state index < -0.39 is 17.4 Å². The summed E-state index contributed by atoms with van der Waals surface area (Å²) in [6.45, 7) is 2.24. The molecule has 9 heteroatoms. The Morgan fingerprint density at radius 3 is 2.69 bits per heavy atom. The lowest BCUT2D eigenvalue weighted by Crippen LogP contribution is -2.30. The molecule has 2 amide bonds. The molecule has 0 saturated carbocycles. The maximum atomic E-state index is 12.6. The number of nitrogens with two attached hydrogens (primary N) is 1. The largest absolute Gasteiger partial charge is 0.465 e. The van der Waals surface area contributed by atoms with Gasteiger partial charge in [-0.1, -0.05) is 5.92 Å². The Balaban J connectivity index is 2.60. The van der Waals surface area contributed by atoms with Gasteiger partial charge in [-0.15, -0.1) is 0 Å². The molecule has 2 aromatic heterocycles. The summed E-state index contributed by atoms with van der Waals surface area (Å²) in [6, 6.07) is 3.08. The number of nitrogens with zero attached hydrogens (tertiary/aromatic N) is 3. The van der Waals surface area contributed by atoms with Crippen LogP contribution in [0.1, 0.15) is 23.0 Å². The van der Waals surface area contributed by atoms with Gasteiger partial charge in [0.15, 0.2) is 0 Å². The fourth-order valence-corrected chi connectivity index (χ4v) is 2.38. The molecule has 2 heterocycles. The van der Waals surface area contributed by atoms with Crippen molar-refractivity contribution in [3.63, 3.8) is 0 Å². The van der Waals surface area contributed by atoms with E-state index in [0.29, 0.717) is 17.9 Å². The van der Waals surface area contributed by atoms with Crippen LogP contribution in [0.4, 0.5) is 10.6 Å². The van der Waals surface area contributed by atoms with Crippen molar-refractivity contribution in [2.45, 2.75) is 13.5 Å². The molecule has 0 aliphatic carbocycles. The lowest BCUT2D eigenvalue weighted by Gasteiger charge is -2.14. The van der Waals surface area contributed by atoms with Gasteiger partial charge in [0, 0.05) is 20.6 Å². The molecular formula is C17H19N5O4. The molecule has 0 radical (unpaired) electrons. The van der Waals surface area contributed by atoms with Crippen LogP contribution < -0.4 is 16.5 Å². The van der Waals surface area contributed by atoms with Crippen LogP contribution >= 0.6 is 0 Å². The third-order valence-electron chi connectivity index (χ3n) is 3.78. The van der Waals surface area contributed by atoms with Gasteiger partial charge < -0.3 is 25.6 Å². The predicted molar refractivity (Wildman–Crippen MR) is 97.0 cm³/mol. The van der Waals surface area contributed by atoms with Gasteiger partial charge in [0.1, 0.15) is 22.7 Å². The molecule has 26 heavy (non-hydrogen) atoms. The van der Waals surface area contributed by atoms with Gasteiger partial charge in [0.25, 0.3) is 5.91 Å². The number of pyridine rings is 2. The Morgan fingerprint density at radius 1 is 1.42 bits per heavy atom. The smallest absolute Gasteiger partial charge is 0.407 e. The molecule has 9 nitrogen and oxygen atoms in total. The van der Waals surface area contributed by atoms with Crippen molar-refractivity contribution in [3.8, 4) is 11.8 Å². The highest BCUT2D eigenvalue weighted by Gasteiger charge is 2.20. The second-order valence-corrected chi connectivity index (χ2v) is 5.42. The number of anilines is 1. The van der Waals surface area contributed by atoms with Crippen LogP contribution in [0, 0.1) is 11.8 Å². The molecule has 0 aromatic carbocycles. The van der Waals surface area contributed by atoms with Crippen LogP contribution in [0.2, 0.25) is 0 Å². The van der Waals surface area contributed by atoms with E-state index in [1.807, 2.05) is 6.92 Å². The Hall–Kier alpha value is -3.54.